The minimum Gasteiger partial charge on any atom is -0.507 e. The van der Waals surface area contributed by atoms with Gasteiger partial charge in [-0.25, -0.2) is 4.98 Å². The summed E-state index contributed by atoms with van der Waals surface area (Å²) in [5, 5.41) is 13.1. The van der Waals surface area contributed by atoms with E-state index in [1.54, 1.807) is 12.1 Å². The number of anilines is 1. The third kappa shape index (κ3) is 3.82. The Labute approximate surface area is 156 Å². The number of nitrogens with zero attached hydrogens (tertiary/aromatic N) is 1. The molecule has 0 unspecified atom stereocenters. The molecule has 0 aliphatic carbocycles. The fraction of sp³-hybridized carbons (Fsp3) is 0.0909. The fourth-order valence-electron chi connectivity index (χ4n) is 2.90. The molecule has 134 valence electrons. The van der Waals surface area contributed by atoms with E-state index in [2.05, 4.69) is 10.3 Å². The molecule has 4 rings (SSSR count). The Morgan fingerprint density at radius 1 is 1.00 bits per heavy atom. The van der Waals surface area contributed by atoms with Gasteiger partial charge >= 0.3 is 0 Å². The molecule has 1 aromatic heterocycles. The lowest BCUT2D eigenvalue weighted by Gasteiger charge is -2.07. The molecule has 0 atom stereocenters. The molecule has 0 radical (unpaired) electrons. The molecule has 0 fully saturated rings. The maximum atomic E-state index is 12.1. The second-order valence-corrected chi connectivity index (χ2v) is 6.25. The summed E-state index contributed by atoms with van der Waals surface area (Å²) >= 11 is 0. The predicted octanol–water partition coefficient (Wildman–Crippen LogP) is 4.77. The number of oxazole rings is 1. The zero-order chi connectivity index (χ0) is 18.6. The summed E-state index contributed by atoms with van der Waals surface area (Å²) < 4.78 is 5.68. The zero-order valence-corrected chi connectivity index (χ0v) is 14.6. The number of para-hydroxylation sites is 2. The molecule has 0 aliphatic heterocycles. The van der Waals surface area contributed by atoms with Crippen LogP contribution in [-0.4, -0.2) is 16.0 Å². The molecular formula is C22H18N2O3. The molecule has 0 aliphatic rings. The van der Waals surface area contributed by atoms with E-state index in [1.807, 2.05) is 54.6 Å². The Hall–Kier alpha value is -3.60. The highest BCUT2D eigenvalue weighted by molar-refractivity contribution is 5.91. The zero-order valence-electron chi connectivity index (χ0n) is 14.6. The number of nitrogens with one attached hydrogen (secondary N) is 1. The van der Waals surface area contributed by atoms with Gasteiger partial charge in [0.25, 0.3) is 0 Å². The number of aryl methyl sites for hydroxylation is 1. The van der Waals surface area contributed by atoms with Crippen LogP contribution in [0.15, 0.2) is 77.2 Å². The van der Waals surface area contributed by atoms with E-state index in [-0.39, 0.29) is 11.7 Å². The number of phenolic OH excluding ortho intramolecular Hbond substituents is 1. The summed E-state index contributed by atoms with van der Waals surface area (Å²) in [6, 6.07) is 22.2. The van der Waals surface area contributed by atoms with Gasteiger partial charge in [0.2, 0.25) is 11.8 Å². The summed E-state index contributed by atoms with van der Waals surface area (Å²) in [5.41, 5.74) is 3.51. The first-order chi connectivity index (χ1) is 13.2. The van der Waals surface area contributed by atoms with Crippen LogP contribution in [-0.2, 0) is 11.2 Å². The van der Waals surface area contributed by atoms with Gasteiger partial charge in [0.05, 0.1) is 5.56 Å². The van der Waals surface area contributed by atoms with Crippen molar-refractivity contribution in [2.75, 3.05) is 5.32 Å². The van der Waals surface area contributed by atoms with Gasteiger partial charge in [-0.2, -0.15) is 0 Å². The van der Waals surface area contributed by atoms with Gasteiger partial charge in [-0.05, 0) is 36.2 Å². The molecule has 1 heterocycles. The molecule has 0 saturated carbocycles. The average Bonchev–Trinajstić information content (AvgIpc) is 3.11. The van der Waals surface area contributed by atoms with E-state index < -0.39 is 0 Å². The minimum atomic E-state index is -0.104. The van der Waals surface area contributed by atoms with Crippen molar-refractivity contribution in [2.24, 2.45) is 0 Å². The van der Waals surface area contributed by atoms with Crippen molar-refractivity contribution in [3.8, 4) is 17.2 Å². The summed E-state index contributed by atoms with van der Waals surface area (Å²) in [7, 11) is 0. The summed E-state index contributed by atoms with van der Waals surface area (Å²) in [5.74, 6) is 0.242. The first-order valence-corrected chi connectivity index (χ1v) is 8.72. The topological polar surface area (TPSA) is 75.4 Å². The summed E-state index contributed by atoms with van der Waals surface area (Å²) in [4.78, 5) is 16.5. The fourth-order valence-corrected chi connectivity index (χ4v) is 2.90. The average molecular weight is 358 g/mol. The highest BCUT2D eigenvalue weighted by Gasteiger charge is 2.13. The number of aromatic hydroxyl groups is 1. The van der Waals surface area contributed by atoms with Crippen molar-refractivity contribution >= 4 is 22.7 Å². The second-order valence-electron chi connectivity index (χ2n) is 6.25. The van der Waals surface area contributed by atoms with Crippen molar-refractivity contribution < 1.29 is 14.3 Å². The standard InChI is InChI=1S/C22H18N2O3/c25-19-14-16(23-21(26)13-10-15-6-2-1-3-7-15)11-12-17(19)22-24-18-8-4-5-9-20(18)27-22/h1-9,11-12,14,25H,10,13H2,(H,23,26). The highest BCUT2D eigenvalue weighted by atomic mass is 16.3. The van der Waals surface area contributed by atoms with Crippen LogP contribution in [0.5, 0.6) is 5.75 Å². The summed E-state index contributed by atoms with van der Waals surface area (Å²) in [6.45, 7) is 0. The van der Waals surface area contributed by atoms with Crippen LogP contribution in [0.3, 0.4) is 0 Å². The quantitative estimate of drug-likeness (QED) is 0.539. The maximum Gasteiger partial charge on any atom is 0.231 e. The molecule has 5 heteroatoms. The third-order valence-electron chi connectivity index (χ3n) is 4.29. The molecule has 27 heavy (non-hydrogen) atoms. The van der Waals surface area contributed by atoms with Crippen LogP contribution >= 0.6 is 0 Å². The van der Waals surface area contributed by atoms with Crippen LogP contribution in [0.25, 0.3) is 22.6 Å². The van der Waals surface area contributed by atoms with Crippen LogP contribution in [0.2, 0.25) is 0 Å². The van der Waals surface area contributed by atoms with E-state index in [4.69, 9.17) is 4.42 Å². The van der Waals surface area contributed by atoms with Crippen molar-refractivity contribution in [1.82, 2.24) is 4.98 Å². The van der Waals surface area contributed by atoms with Crippen molar-refractivity contribution in [3.05, 3.63) is 78.4 Å². The monoisotopic (exact) mass is 358 g/mol. The molecule has 0 bridgehead atoms. The number of phenols is 1. The number of hydrogen-bond donors (Lipinski definition) is 2. The van der Waals surface area contributed by atoms with Gasteiger partial charge in [0.1, 0.15) is 11.3 Å². The number of carbonyl (C=O) groups excluding carboxylic acids is 1. The molecule has 0 spiro atoms. The molecule has 0 saturated heterocycles. The van der Waals surface area contributed by atoms with Crippen LogP contribution in [0, 0.1) is 0 Å². The molecule has 3 aromatic carbocycles. The maximum absolute atomic E-state index is 12.1. The molecule has 5 nitrogen and oxygen atoms in total. The predicted molar refractivity (Wildman–Crippen MR) is 105 cm³/mol. The van der Waals surface area contributed by atoms with Crippen molar-refractivity contribution in [3.63, 3.8) is 0 Å². The SMILES string of the molecule is O=C(CCc1ccccc1)Nc1ccc(-c2nc3ccccc3o2)c(O)c1. The Balaban J connectivity index is 1.45. The van der Waals surface area contributed by atoms with Crippen LogP contribution < -0.4 is 5.32 Å². The smallest absolute Gasteiger partial charge is 0.231 e. The lowest BCUT2D eigenvalue weighted by molar-refractivity contribution is -0.116. The van der Waals surface area contributed by atoms with Gasteiger partial charge in [-0.1, -0.05) is 42.5 Å². The molecule has 2 N–H and O–H groups in total. The second kappa shape index (κ2) is 7.33. The lowest BCUT2D eigenvalue weighted by Crippen LogP contribution is -2.12. The number of benzene rings is 3. The van der Waals surface area contributed by atoms with E-state index >= 15 is 0 Å². The largest absolute Gasteiger partial charge is 0.507 e. The lowest BCUT2D eigenvalue weighted by atomic mass is 10.1. The first kappa shape index (κ1) is 16.8. The van der Waals surface area contributed by atoms with Gasteiger partial charge in [0.15, 0.2) is 5.58 Å². The van der Waals surface area contributed by atoms with E-state index in [0.717, 1.165) is 11.1 Å². The number of rotatable bonds is 5. The normalized spacial score (nSPS) is 10.8. The number of carbonyl (C=O) groups is 1. The van der Waals surface area contributed by atoms with Crippen LogP contribution in [0.4, 0.5) is 5.69 Å². The van der Waals surface area contributed by atoms with Gasteiger partial charge in [-0.3, -0.25) is 4.79 Å². The number of fused-ring (bicyclic) bond motifs is 1. The number of amides is 1. The highest BCUT2D eigenvalue weighted by Crippen LogP contribution is 2.33. The first-order valence-electron chi connectivity index (χ1n) is 8.72. The van der Waals surface area contributed by atoms with Gasteiger partial charge in [0, 0.05) is 18.2 Å². The van der Waals surface area contributed by atoms with Crippen LogP contribution in [0.1, 0.15) is 12.0 Å². The molecule has 4 aromatic rings. The Kier molecular flexibility index (Phi) is 4.58. The third-order valence-corrected chi connectivity index (χ3v) is 4.29. The minimum absolute atomic E-state index is 0.00224. The van der Waals surface area contributed by atoms with E-state index in [9.17, 15) is 9.90 Å². The Bertz CT molecular complexity index is 1050. The van der Waals surface area contributed by atoms with Gasteiger partial charge in [-0.15, -0.1) is 0 Å². The molecule has 1 amide bonds. The van der Waals surface area contributed by atoms with Crippen molar-refractivity contribution in [1.29, 1.82) is 0 Å². The van der Waals surface area contributed by atoms with Gasteiger partial charge < -0.3 is 14.8 Å². The number of aromatic nitrogens is 1. The van der Waals surface area contributed by atoms with Crippen molar-refractivity contribution in [2.45, 2.75) is 12.8 Å². The Morgan fingerprint density at radius 2 is 1.78 bits per heavy atom. The number of hydrogen-bond acceptors (Lipinski definition) is 4. The Morgan fingerprint density at radius 3 is 2.56 bits per heavy atom. The van der Waals surface area contributed by atoms with E-state index in [0.29, 0.717) is 35.6 Å². The molecular weight excluding hydrogens is 340 g/mol. The summed E-state index contributed by atoms with van der Waals surface area (Å²) in [6.07, 6.45) is 1.04. The van der Waals surface area contributed by atoms with E-state index in [1.165, 1.54) is 6.07 Å².